The van der Waals surface area contributed by atoms with Crippen LogP contribution in [0.2, 0.25) is 0 Å². The summed E-state index contributed by atoms with van der Waals surface area (Å²) in [5.41, 5.74) is 4.81. The zero-order valence-electron chi connectivity index (χ0n) is 11.5. The van der Waals surface area contributed by atoms with E-state index in [-0.39, 0.29) is 4.90 Å². The second-order valence-electron chi connectivity index (χ2n) is 4.46. The van der Waals surface area contributed by atoms with Crippen LogP contribution in [0.4, 0.5) is 0 Å². The van der Waals surface area contributed by atoms with E-state index in [2.05, 4.69) is 9.46 Å². The maximum Gasteiger partial charge on any atom is 0.321 e. The van der Waals surface area contributed by atoms with E-state index >= 15 is 0 Å². The number of hydrogen-bond acceptors (Lipinski definition) is 5. The van der Waals surface area contributed by atoms with Crippen LogP contribution in [-0.2, 0) is 24.3 Å². The highest BCUT2D eigenvalue weighted by Gasteiger charge is 2.16. The lowest BCUT2D eigenvalue weighted by molar-refractivity contribution is -0.146. The van der Waals surface area contributed by atoms with Gasteiger partial charge in [0.2, 0.25) is 10.0 Å². The highest BCUT2D eigenvalue weighted by Crippen LogP contribution is 2.18. The average molecular weight is 322 g/mol. The average Bonchev–Trinajstić information content (AvgIpc) is 2.50. The van der Waals surface area contributed by atoms with Crippen LogP contribution in [0, 0.1) is 0 Å². The molecule has 1 amide bonds. The zero-order valence-corrected chi connectivity index (χ0v) is 12.3. The highest BCUT2D eigenvalue weighted by molar-refractivity contribution is 7.89. The van der Waals surface area contributed by atoms with Crippen molar-refractivity contribution in [2.45, 2.75) is 4.90 Å². The second-order valence-corrected chi connectivity index (χ2v) is 6.23. The molecule has 22 heavy (non-hydrogen) atoms. The molecule has 0 aliphatic heterocycles. The number of carbonyl (C=O) groups is 2. The van der Waals surface area contributed by atoms with Crippen LogP contribution in [0.25, 0.3) is 10.8 Å². The van der Waals surface area contributed by atoms with E-state index in [1.807, 2.05) is 12.1 Å². The van der Waals surface area contributed by atoms with Gasteiger partial charge in [0.1, 0.15) is 6.54 Å². The number of ether oxygens (including phenoxy) is 1. The number of benzene rings is 2. The fraction of sp³-hybridized carbons (Fsp3) is 0.143. The molecule has 2 aromatic carbocycles. The van der Waals surface area contributed by atoms with Gasteiger partial charge in [-0.25, -0.2) is 8.42 Å². The predicted molar refractivity (Wildman–Crippen MR) is 79.3 cm³/mol. The summed E-state index contributed by atoms with van der Waals surface area (Å²) < 4.78 is 30.8. The fourth-order valence-electron chi connectivity index (χ4n) is 1.77. The number of nitrogens with one attached hydrogen (secondary N) is 1. The molecular formula is C14H14N2O5S. The van der Waals surface area contributed by atoms with E-state index in [0.717, 1.165) is 10.8 Å². The molecule has 7 nitrogen and oxygen atoms in total. The Morgan fingerprint density at radius 1 is 1.09 bits per heavy atom. The first-order chi connectivity index (χ1) is 10.4. The first kappa shape index (κ1) is 15.9. The molecule has 0 unspecified atom stereocenters. The second kappa shape index (κ2) is 6.54. The van der Waals surface area contributed by atoms with Crippen LogP contribution in [0.1, 0.15) is 0 Å². The van der Waals surface area contributed by atoms with E-state index in [1.54, 1.807) is 18.2 Å². The van der Waals surface area contributed by atoms with Crippen molar-refractivity contribution >= 4 is 32.7 Å². The van der Waals surface area contributed by atoms with Gasteiger partial charge in [-0.3, -0.25) is 9.59 Å². The normalized spacial score (nSPS) is 11.3. The van der Waals surface area contributed by atoms with Crippen molar-refractivity contribution in [2.24, 2.45) is 5.73 Å². The summed E-state index contributed by atoms with van der Waals surface area (Å²) in [5.74, 6) is -1.70. The van der Waals surface area contributed by atoms with Crippen molar-refractivity contribution < 1.29 is 22.7 Å². The van der Waals surface area contributed by atoms with E-state index in [4.69, 9.17) is 5.73 Å². The molecule has 0 heterocycles. The van der Waals surface area contributed by atoms with Crippen LogP contribution in [0.15, 0.2) is 47.4 Å². The monoisotopic (exact) mass is 322 g/mol. The van der Waals surface area contributed by atoms with Crippen molar-refractivity contribution in [3.05, 3.63) is 42.5 Å². The Morgan fingerprint density at radius 3 is 2.45 bits per heavy atom. The van der Waals surface area contributed by atoms with Gasteiger partial charge in [0, 0.05) is 0 Å². The van der Waals surface area contributed by atoms with Crippen molar-refractivity contribution in [3.8, 4) is 0 Å². The minimum atomic E-state index is -3.85. The summed E-state index contributed by atoms with van der Waals surface area (Å²) in [4.78, 5) is 21.8. The van der Waals surface area contributed by atoms with Crippen molar-refractivity contribution in [3.63, 3.8) is 0 Å². The first-order valence-electron chi connectivity index (χ1n) is 6.31. The summed E-state index contributed by atoms with van der Waals surface area (Å²) in [6.45, 7) is -1.17. The molecule has 0 fully saturated rings. The molecular weight excluding hydrogens is 308 g/mol. The number of carbonyl (C=O) groups excluding carboxylic acids is 2. The molecule has 8 heteroatoms. The van der Waals surface area contributed by atoms with Gasteiger partial charge in [-0.1, -0.05) is 30.3 Å². The van der Waals surface area contributed by atoms with E-state index in [0.29, 0.717) is 0 Å². The number of hydrogen-bond donors (Lipinski definition) is 2. The quantitative estimate of drug-likeness (QED) is 0.734. The molecule has 0 aliphatic carbocycles. The fourth-order valence-corrected chi connectivity index (χ4v) is 2.78. The Morgan fingerprint density at radius 2 is 1.77 bits per heavy atom. The number of primary amides is 1. The van der Waals surface area contributed by atoms with Gasteiger partial charge >= 0.3 is 5.97 Å². The van der Waals surface area contributed by atoms with Crippen molar-refractivity contribution in [1.29, 1.82) is 0 Å². The largest absolute Gasteiger partial charge is 0.455 e. The van der Waals surface area contributed by atoms with Gasteiger partial charge in [0.25, 0.3) is 5.91 Å². The predicted octanol–water partition coefficient (Wildman–Crippen LogP) is 0.147. The number of rotatable bonds is 6. The van der Waals surface area contributed by atoms with Gasteiger partial charge in [-0.2, -0.15) is 4.72 Å². The molecule has 0 saturated heterocycles. The van der Waals surface area contributed by atoms with Crippen LogP contribution in [-0.4, -0.2) is 33.4 Å². The molecule has 0 atom stereocenters. The first-order valence-corrected chi connectivity index (χ1v) is 7.79. The Hall–Kier alpha value is -2.45. The number of amides is 1. The summed E-state index contributed by atoms with van der Waals surface area (Å²) in [5, 5.41) is 1.67. The van der Waals surface area contributed by atoms with E-state index in [1.165, 1.54) is 12.1 Å². The van der Waals surface area contributed by atoms with Gasteiger partial charge in [0.15, 0.2) is 6.61 Å². The summed E-state index contributed by atoms with van der Waals surface area (Å²) in [6, 6.07) is 11.9. The summed E-state index contributed by atoms with van der Waals surface area (Å²) in [7, 11) is -3.85. The minimum absolute atomic E-state index is 0.0360. The van der Waals surface area contributed by atoms with Gasteiger partial charge in [-0.05, 0) is 22.9 Å². The standard InChI is InChI=1S/C14H14N2O5S/c15-13(17)9-21-14(18)8-16-22(19,20)12-6-5-10-3-1-2-4-11(10)7-12/h1-7,16H,8-9H2,(H2,15,17). The van der Waals surface area contributed by atoms with Gasteiger partial charge in [0.05, 0.1) is 4.90 Å². The Labute approximate surface area is 127 Å². The van der Waals surface area contributed by atoms with Gasteiger partial charge < -0.3 is 10.5 Å². The lowest BCUT2D eigenvalue weighted by Crippen LogP contribution is -2.32. The minimum Gasteiger partial charge on any atom is -0.455 e. The van der Waals surface area contributed by atoms with Crippen LogP contribution >= 0.6 is 0 Å². The Balaban J connectivity index is 2.08. The molecule has 0 radical (unpaired) electrons. The van der Waals surface area contributed by atoms with Crippen LogP contribution in [0.5, 0.6) is 0 Å². The smallest absolute Gasteiger partial charge is 0.321 e. The summed E-state index contributed by atoms with van der Waals surface area (Å²) in [6.07, 6.45) is 0. The maximum atomic E-state index is 12.1. The Bertz CT molecular complexity index is 817. The maximum absolute atomic E-state index is 12.1. The third-order valence-electron chi connectivity index (χ3n) is 2.81. The number of nitrogens with two attached hydrogens (primary N) is 1. The van der Waals surface area contributed by atoms with E-state index in [9.17, 15) is 18.0 Å². The molecule has 2 aromatic rings. The molecule has 0 saturated carbocycles. The van der Waals surface area contributed by atoms with Gasteiger partial charge in [-0.15, -0.1) is 0 Å². The molecule has 116 valence electrons. The lowest BCUT2D eigenvalue weighted by Gasteiger charge is -2.07. The topological polar surface area (TPSA) is 116 Å². The third-order valence-corrected chi connectivity index (χ3v) is 4.21. The highest BCUT2D eigenvalue weighted by atomic mass is 32.2. The summed E-state index contributed by atoms with van der Waals surface area (Å²) >= 11 is 0. The molecule has 2 rings (SSSR count). The SMILES string of the molecule is NC(=O)COC(=O)CNS(=O)(=O)c1ccc2ccccc2c1. The molecule has 0 bridgehead atoms. The molecule has 0 aromatic heterocycles. The van der Waals surface area contributed by atoms with E-state index < -0.39 is 35.1 Å². The number of fused-ring (bicyclic) bond motifs is 1. The third kappa shape index (κ3) is 4.03. The number of sulfonamides is 1. The Kier molecular flexibility index (Phi) is 4.74. The molecule has 0 spiro atoms. The van der Waals surface area contributed by atoms with Crippen molar-refractivity contribution in [1.82, 2.24) is 4.72 Å². The molecule has 3 N–H and O–H groups in total. The number of esters is 1. The van der Waals surface area contributed by atoms with Crippen LogP contribution < -0.4 is 10.5 Å². The van der Waals surface area contributed by atoms with Crippen molar-refractivity contribution in [2.75, 3.05) is 13.2 Å². The molecule has 0 aliphatic rings. The lowest BCUT2D eigenvalue weighted by atomic mass is 10.1. The van der Waals surface area contributed by atoms with Crippen LogP contribution in [0.3, 0.4) is 0 Å². The zero-order chi connectivity index (χ0) is 16.2.